The fraction of sp³-hybridized carbons (Fsp3) is 0.824. The minimum atomic E-state index is -0.508. The minimum absolute atomic E-state index is 0.00389. The van der Waals surface area contributed by atoms with Crippen molar-refractivity contribution in [2.45, 2.75) is 69.9 Å². The molecule has 7 nitrogen and oxygen atoms in total. The first kappa shape index (κ1) is 19.9. The fourth-order valence-electron chi connectivity index (χ4n) is 3.00. The molecular weight excluding hydrogens is 342 g/mol. The predicted molar refractivity (Wildman–Crippen MR) is 97.4 cm³/mol. The number of fused-ring (bicyclic) bond motifs is 1. The molecule has 0 bridgehead atoms. The van der Waals surface area contributed by atoms with Gasteiger partial charge in [0.25, 0.3) is 5.24 Å². The SMILES string of the molecule is CN(CCCC[C@@H]1NC(=O)SC2CCCN2C1=O)C(=O)OC(C)(C)C. The van der Waals surface area contributed by atoms with E-state index in [0.29, 0.717) is 13.0 Å². The number of carbonyl (C=O) groups excluding carboxylic acids is 3. The number of hydrogen-bond acceptors (Lipinski definition) is 5. The van der Waals surface area contributed by atoms with E-state index in [0.717, 1.165) is 32.2 Å². The van der Waals surface area contributed by atoms with E-state index >= 15 is 0 Å². The molecule has 2 aliphatic heterocycles. The number of ether oxygens (including phenoxy) is 1. The summed E-state index contributed by atoms with van der Waals surface area (Å²) in [6.07, 6.45) is 3.61. The van der Waals surface area contributed by atoms with Crippen LogP contribution in [0.15, 0.2) is 0 Å². The fourth-order valence-corrected chi connectivity index (χ4v) is 4.08. The van der Waals surface area contributed by atoms with Crippen LogP contribution in [0.3, 0.4) is 0 Å². The van der Waals surface area contributed by atoms with Gasteiger partial charge in [0.2, 0.25) is 5.91 Å². The van der Waals surface area contributed by atoms with E-state index in [-0.39, 0.29) is 22.6 Å². The maximum Gasteiger partial charge on any atom is 0.410 e. The number of hydrogen-bond donors (Lipinski definition) is 1. The van der Waals surface area contributed by atoms with E-state index in [1.807, 2.05) is 25.7 Å². The largest absolute Gasteiger partial charge is 0.444 e. The van der Waals surface area contributed by atoms with Crippen molar-refractivity contribution in [3.8, 4) is 0 Å². The van der Waals surface area contributed by atoms with Gasteiger partial charge in [-0.1, -0.05) is 0 Å². The number of amides is 3. The molecule has 0 radical (unpaired) electrons. The molecule has 8 heteroatoms. The lowest BCUT2D eigenvalue weighted by Gasteiger charge is -2.25. The van der Waals surface area contributed by atoms with Gasteiger partial charge in [0.05, 0.1) is 5.37 Å². The minimum Gasteiger partial charge on any atom is -0.444 e. The maximum atomic E-state index is 12.6. The molecule has 2 atom stereocenters. The summed E-state index contributed by atoms with van der Waals surface area (Å²) in [6, 6.07) is -0.449. The Morgan fingerprint density at radius 2 is 2.08 bits per heavy atom. The quantitative estimate of drug-likeness (QED) is 0.752. The number of unbranched alkanes of at least 4 members (excludes halogenated alkanes) is 1. The van der Waals surface area contributed by atoms with Crippen molar-refractivity contribution in [3.05, 3.63) is 0 Å². The van der Waals surface area contributed by atoms with Crippen molar-refractivity contribution in [1.82, 2.24) is 15.1 Å². The van der Waals surface area contributed by atoms with Gasteiger partial charge < -0.3 is 19.9 Å². The monoisotopic (exact) mass is 371 g/mol. The highest BCUT2D eigenvalue weighted by atomic mass is 32.2. The van der Waals surface area contributed by atoms with E-state index in [4.69, 9.17) is 4.74 Å². The van der Waals surface area contributed by atoms with Crippen LogP contribution in [0.25, 0.3) is 0 Å². The molecule has 2 saturated heterocycles. The molecule has 0 spiro atoms. The van der Waals surface area contributed by atoms with Gasteiger partial charge in [-0.2, -0.15) is 0 Å². The molecule has 3 amide bonds. The van der Waals surface area contributed by atoms with Gasteiger partial charge in [0, 0.05) is 20.1 Å². The molecule has 0 aliphatic carbocycles. The normalized spacial score (nSPS) is 23.8. The zero-order valence-electron chi connectivity index (χ0n) is 15.5. The molecule has 1 N–H and O–H groups in total. The van der Waals surface area contributed by atoms with Gasteiger partial charge >= 0.3 is 6.09 Å². The molecule has 1 unspecified atom stereocenters. The van der Waals surface area contributed by atoms with E-state index in [1.165, 1.54) is 11.8 Å². The Balaban J connectivity index is 1.76. The van der Waals surface area contributed by atoms with Crippen molar-refractivity contribution in [2.24, 2.45) is 0 Å². The molecule has 25 heavy (non-hydrogen) atoms. The van der Waals surface area contributed by atoms with E-state index in [1.54, 1.807) is 11.9 Å². The molecule has 2 aliphatic rings. The molecule has 142 valence electrons. The Labute approximate surface area is 153 Å². The van der Waals surface area contributed by atoms with E-state index < -0.39 is 11.6 Å². The van der Waals surface area contributed by atoms with Crippen LogP contribution in [0.2, 0.25) is 0 Å². The molecule has 2 heterocycles. The van der Waals surface area contributed by atoms with Crippen LogP contribution in [0.5, 0.6) is 0 Å². The summed E-state index contributed by atoms with van der Waals surface area (Å²) in [6.45, 7) is 6.81. The van der Waals surface area contributed by atoms with Crippen molar-refractivity contribution >= 4 is 29.0 Å². The highest BCUT2D eigenvalue weighted by molar-refractivity contribution is 8.14. The second-order valence-electron chi connectivity index (χ2n) is 7.63. The Bertz CT molecular complexity index is 521. The average Bonchev–Trinajstić information content (AvgIpc) is 2.91. The maximum absolute atomic E-state index is 12.6. The van der Waals surface area contributed by atoms with Gasteiger partial charge in [-0.25, -0.2) is 4.79 Å². The number of carbonyl (C=O) groups is 3. The van der Waals surface area contributed by atoms with Crippen molar-refractivity contribution < 1.29 is 19.1 Å². The molecule has 2 rings (SSSR count). The first-order valence-corrected chi connectivity index (χ1v) is 9.77. The lowest BCUT2D eigenvalue weighted by atomic mass is 10.1. The van der Waals surface area contributed by atoms with Crippen LogP contribution in [0.1, 0.15) is 52.9 Å². The van der Waals surface area contributed by atoms with Gasteiger partial charge in [0.1, 0.15) is 11.6 Å². The van der Waals surface area contributed by atoms with Crippen LogP contribution in [-0.2, 0) is 9.53 Å². The summed E-state index contributed by atoms with van der Waals surface area (Å²) in [4.78, 5) is 39.8. The lowest BCUT2D eigenvalue weighted by molar-refractivity contribution is -0.132. The van der Waals surface area contributed by atoms with Gasteiger partial charge in [-0.3, -0.25) is 9.59 Å². The number of nitrogens with zero attached hydrogens (tertiary/aromatic N) is 2. The Morgan fingerprint density at radius 3 is 2.76 bits per heavy atom. The Morgan fingerprint density at radius 1 is 1.36 bits per heavy atom. The molecule has 0 aromatic heterocycles. The highest BCUT2D eigenvalue weighted by Gasteiger charge is 2.38. The first-order chi connectivity index (χ1) is 11.7. The molecule has 0 saturated carbocycles. The number of rotatable bonds is 5. The molecule has 0 aromatic carbocycles. The topological polar surface area (TPSA) is 79.0 Å². The van der Waals surface area contributed by atoms with Crippen molar-refractivity contribution in [3.63, 3.8) is 0 Å². The standard InChI is InChI=1S/C17H29N3O4S/c1-17(2,3)24-16(23)19(4)10-6-5-8-12-14(21)20-11-7-9-13(20)25-15(22)18-12/h12-13H,5-11H2,1-4H3,(H,18,22)/t12-,13?/m0/s1. The van der Waals surface area contributed by atoms with Crippen molar-refractivity contribution in [2.75, 3.05) is 20.1 Å². The average molecular weight is 372 g/mol. The third kappa shape index (κ3) is 5.80. The van der Waals surface area contributed by atoms with Gasteiger partial charge in [0.15, 0.2) is 0 Å². The first-order valence-electron chi connectivity index (χ1n) is 8.89. The smallest absolute Gasteiger partial charge is 0.410 e. The second-order valence-corrected chi connectivity index (χ2v) is 8.78. The summed E-state index contributed by atoms with van der Waals surface area (Å²) < 4.78 is 5.31. The zero-order valence-corrected chi connectivity index (χ0v) is 16.4. The summed E-state index contributed by atoms with van der Waals surface area (Å²) in [5.41, 5.74) is -0.508. The van der Waals surface area contributed by atoms with Crippen LogP contribution >= 0.6 is 11.8 Å². The van der Waals surface area contributed by atoms with Crippen LogP contribution < -0.4 is 5.32 Å². The van der Waals surface area contributed by atoms with Gasteiger partial charge in [-0.15, -0.1) is 0 Å². The summed E-state index contributed by atoms with van der Waals surface area (Å²) in [7, 11) is 1.71. The van der Waals surface area contributed by atoms with Crippen LogP contribution in [-0.4, -0.2) is 64.2 Å². The Kier molecular flexibility index (Phi) is 6.59. The summed E-state index contributed by atoms with van der Waals surface area (Å²) >= 11 is 1.22. The van der Waals surface area contributed by atoms with Crippen LogP contribution in [0.4, 0.5) is 9.59 Å². The van der Waals surface area contributed by atoms with E-state index in [9.17, 15) is 14.4 Å². The third-order valence-corrected chi connectivity index (χ3v) is 5.35. The summed E-state index contributed by atoms with van der Waals surface area (Å²) in [5, 5.41) is 2.71. The molecular formula is C17H29N3O4S. The predicted octanol–water partition coefficient (Wildman–Crippen LogP) is 2.80. The van der Waals surface area contributed by atoms with Crippen molar-refractivity contribution in [1.29, 1.82) is 0 Å². The highest BCUT2D eigenvalue weighted by Crippen LogP contribution is 2.31. The summed E-state index contributed by atoms with van der Waals surface area (Å²) in [5.74, 6) is 0.0290. The lowest BCUT2D eigenvalue weighted by Crippen LogP contribution is -2.45. The number of nitrogens with one attached hydrogen (secondary N) is 1. The third-order valence-electron chi connectivity index (χ3n) is 4.26. The Hall–Kier alpha value is -1.44. The molecule has 2 fully saturated rings. The molecule has 0 aromatic rings. The van der Waals surface area contributed by atoms with Gasteiger partial charge in [-0.05, 0) is 64.6 Å². The zero-order chi connectivity index (χ0) is 18.6. The van der Waals surface area contributed by atoms with Crippen LogP contribution in [0, 0.1) is 0 Å². The van der Waals surface area contributed by atoms with E-state index in [2.05, 4.69) is 5.32 Å². The second kappa shape index (κ2) is 8.29. The number of thioether (sulfide) groups is 1.